The Hall–Kier alpha value is -1.67. The fraction of sp³-hybridized carbons (Fsp3) is 0.769. The van der Waals surface area contributed by atoms with Crippen molar-refractivity contribution in [3.8, 4) is 0 Å². The van der Waals surface area contributed by atoms with Crippen molar-refractivity contribution < 1.29 is 4.74 Å². The molecule has 118 valence electrons. The van der Waals surface area contributed by atoms with E-state index in [4.69, 9.17) is 10.6 Å². The first-order chi connectivity index (χ1) is 10.1. The molecular weight excluding hydrogens is 270 g/mol. The van der Waals surface area contributed by atoms with Crippen LogP contribution >= 0.6 is 0 Å². The topological polar surface area (TPSA) is 92.4 Å². The molecule has 1 fully saturated rings. The number of ether oxygens (including phenoxy) is 1. The van der Waals surface area contributed by atoms with Crippen LogP contribution in [0.4, 0.5) is 17.8 Å². The average Bonchev–Trinajstić information content (AvgIpc) is 2.52. The molecule has 2 rings (SSSR count). The number of nitrogens with zero attached hydrogens (tertiary/aromatic N) is 5. The number of rotatable bonds is 6. The predicted molar refractivity (Wildman–Crippen MR) is 83.4 cm³/mol. The highest BCUT2D eigenvalue weighted by atomic mass is 16.5. The standard InChI is InChI=1S/C13H25N7O/c1-4-8-21-10-6-5-7-20(9-10)13-16-11(18-14)15-12(17-13)19(2)3/h10H,4-9,14H2,1-3H3,(H,15,16,17,18). The van der Waals surface area contributed by atoms with Crippen molar-refractivity contribution in [1.29, 1.82) is 0 Å². The molecule has 1 saturated heterocycles. The summed E-state index contributed by atoms with van der Waals surface area (Å²) in [6.45, 7) is 4.65. The van der Waals surface area contributed by atoms with Crippen molar-refractivity contribution >= 4 is 17.8 Å². The van der Waals surface area contributed by atoms with Crippen LogP contribution in [0.15, 0.2) is 0 Å². The molecule has 8 nitrogen and oxygen atoms in total. The fourth-order valence-corrected chi connectivity index (χ4v) is 2.30. The number of piperidine rings is 1. The Balaban J connectivity index is 2.14. The van der Waals surface area contributed by atoms with E-state index in [-0.39, 0.29) is 6.10 Å². The molecular formula is C13H25N7O. The lowest BCUT2D eigenvalue weighted by Gasteiger charge is -2.33. The Morgan fingerprint density at radius 2 is 2.19 bits per heavy atom. The van der Waals surface area contributed by atoms with Crippen LogP contribution in [0.25, 0.3) is 0 Å². The molecule has 0 radical (unpaired) electrons. The third kappa shape index (κ3) is 4.15. The summed E-state index contributed by atoms with van der Waals surface area (Å²) in [5.74, 6) is 7.05. The lowest BCUT2D eigenvalue weighted by atomic mass is 10.1. The maximum atomic E-state index is 5.85. The number of aromatic nitrogens is 3. The van der Waals surface area contributed by atoms with Gasteiger partial charge in [-0.25, -0.2) is 5.84 Å². The van der Waals surface area contributed by atoms with E-state index in [1.54, 1.807) is 0 Å². The fourth-order valence-electron chi connectivity index (χ4n) is 2.30. The number of hydrogen-bond donors (Lipinski definition) is 2. The number of nitrogens with two attached hydrogens (primary N) is 1. The van der Waals surface area contributed by atoms with Crippen molar-refractivity contribution in [3.63, 3.8) is 0 Å². The molecule has 0 amide bonds. The number of hydrazine groups is 1. The van der Waals surface area contributed by atoms with Crippen molar-refractivity contribution in [2.24, 2.45) is 5.84 Å². The van der Waals surface area contributed by atoms with Crippen LogP contribution < -0.4 is 21.1 Å². The van der Waals surface area contributed by atoms with Crippen LogP contribution in [-0.4, -0.2) is 54.8 Å². The quantitative estimate of drug-likeness (QED) is 0.583. The molecule has 2 heterocycles. The van der Waals surface area contributed by atoms with Gasteiger partial charge in [-0.1, -0.05) is 6.92 Å². The third-order valence-corrected chi connectivity index (χ3v) is 3.36. The minimum absolute atomic E-state index is 0.243. The van der Waals surface area contributed by atoms with E-state index in [1.807, 2.05) is 19.0 Å². The van der Waals surface area contributed by atoms with E-state index < -0.39 is 0 Å². The molecule has 1 aromatic heterocycles. The molecule has 0 aromatic carbocycles. The summed E-state index contributed by atoms with van der Waals surface area (Å²) in [6.07, 6.45) is 3.44. The Kier molecular flexibility index (Phi) is 5.51. The number of nitrogens with one attached hydrogen (secondary N) is 1. The van der Waals surface area contributed by atoms with Gasteiger partial charge in [-0.15, -0.1) is 0 Å². The molecule has 1 atom stereocenters. The van der Waals surface area contributed by atoms with Gasteiger partial charge in [-0.3, -0.25) is 5.43 Å². The van der Waals surface area contributed by atoms with Crippen LogP contribution in [0, 0.1) is 0 Å². The van der Waals surface area contributed by atoms with Gasteiger partial charge in [0.05, 0.1) is 6.10 Å². The number of nitrogen functional groups attached to an aromatic ring is 1. The van der Waals surface area contributed by atoms with Crippen molar-refractivity contribution in [2.75, 3.05) is 49.0 Å². The first kappa shape index (κ1) is 15.7. The lowest BCUT2D eigenvalue weighted by molar-refractivity contribution is 0.0437. The van der Waals surface area contributed by atoms with E-state index in [0.717, 1.165) is 39.0 Å². The molecule has 1 aliphatic heterocycles. The molecule has 1 aliphatic rings. The maximum Gasteiger partial charge on any atom is 0.243 e. The van der Waals surface area contributed by atoms with Crippen molar-refractivity contribution in [1.82, 2.24) is 15.0 Å². The van der Waals surface area contributed by atoms with E-state index >= 15 is 0 Å². The second kappa shape index (κ2) is 7.37. The first-order valence-electron chi connectivity index (χ1n) is 7.40. The number of anilines is 3. The number of hydrogen-bond acceptors (Lipinski definition) is 8. The summed E-state index contributed by atoms with van der Waals surface area (Å²) >= 11 is 0. The monoisotopic (exact) mass is 295 g/mol. The zero-order valence-electron chi connectivity index (χ0n) is 13.0. The molecule has 0 saturated carbocycles. The van der Waals surface area contributed by atoms with E-state index in [0.29, 0.717) is 17.8 Å². The van der Waals surface area contributed by atoms with Gasteiger partial charge in [-0.2, -0.15) is 15.0 Å². The summed E-state index contributed by atoms with van der Waals surface area (Å²) < 4.78 is 5.85. The van der Waals surface area contributed by atoms with Gasteiger partial charge >= 0.3 is 0 Å². The summed E-state index contributed by atoms with van der Waals surface area (Å²) in [4.78, 5) is 17.1. The normalized spacial score (nSPS) is 18.7. The van der Waals surface area contributed by atoms with Gasteiger partial charge in [0.25, 0.3) is 0 Å². The highest BCUT2D eigenvalue weighted by Gasteiger charge is 2.23. The minimum atomic E-state index is 0.243. The van der Waals surface area contributed by atoms with Gasteiger partial charge in [0.15, 0.2) is 0 Å². The Morgan fingerprint density at radius 1 is 1.38 bits per heavy atom. The van der Waals surface area contributed by atoms with Gasteiger partial charge in [0, 0.05) is 33.8 Å². The van der Waals surface area contributed by atoms with Gasteiger partial charge in [0.2, 0.25) is 17.8 Å². The minimum Gasteiger partial charge on any atom is -0.376 e. The zero-order valence-corrected chi connectivity index (χ0v) is 13.0. The molecule has 8 heteroatoms. The maximum absolute atomic E-state index is 5.85. The largest absolute Gasteiger partial charge is 0.376 e. The molecule has 3 N–H and O–H groups in total. The van der Waals surface area contributed by atoms with E-state index in [1.165, 1.54) is 0 Å². The van der Waals surface area contributed by atoms with Crippen LogP contribution in [0.5, 0.6) is 0 Å². The Morgan fingerprint density at radius 3 is 2.86 bits per heavy atom. The van der Waals surface area contributed by atoms with Gasteiger partial charge in [-0.05, 0) is 19.3 Å². The molecule has 21 heavy (non-hydrogen) atoms. The third-order valence-electron chi connectivity index (χ3n) is 3.36. The van der Waals surface area contributed by atoms with Gasteiger partial charge in [0.1, 0.15) is 0 Å². The molecule has 0 spiro atoms. The average molecular weight is 295 g/mol. The summed E-state index contributed by atoms with van der Waals surface area (Å²) in [5, 5.41) is 0. The van der Waals surface area contributed by atoms with E-state index in [9.17, 15) is 0 Å². The molecule has 0 aliphatic carbocycles. The van der Waals surface area contributed by atoms with Crippen LogP contribution in [0.1, 0.15) is 26.2 Å². The summed E-state index contributed by atoms with van der Waals surface area (Å²) in [6, 6.07) is 0. The van der Waals surface area contributed by atoms with Crippen LogP contribution in [-0.2, 0) is 4.74 Å². The highest BCUT2D eigenvalue weighted by Crippen LogP contribution is 2.20. The Labute approximate surface area is 125 Å². The molecule has 1 unspecified atom stereocenters. The second-order valence-corrected chi connectivity index (χ2v) is 5.38. The lowest BCUT2D eigenvalue weighted by Crippen LogP contribution is -2.41. The summed E-state index contributed by atoms with van der Waals surface area (Å²) in [7, 11) is 3.78. The first-order valence-corrected chi connectivity index (χ1v) is 7.40. The smallest absolute Gasteiger partial charge is 0.243 e. The highest BCUT2D eigenvalue weighted by molar-refractivity contribution is 5.44. The van der Waals surface area contributed by atoms with Gasteiger partial charge < -0.3 is 14.5 Å². The second-order valence-electron chi connectivity index (χ2n) is 5.38. The molecule has 0 bridgehead atoms. The Bertz CT molecular complexity index is 454. The van der Waals surface area contributed by atoms with Crippen molar-refractivity contribution in [3.05, 3.63) is 0 Å². The van der Waals surface area contributed by atoms with Crippen LogP contribution in [0.3, 0.4) is 0 Å². The zero-order chi connectivity index (χ0) is 15.2. The molecule has 1 aromatic rings. The van der Waals surface area contributed by atoms with Crippen molar-refractivity contribution in [2.45, 2.75) is 32.3 Å². The SMILES string of the molecule is CCCOC1CCCN(c2nc(NN)nc(N(C)C)n2)C1. The predicted octanol–water partition coefficient (Wildman–Crippen LogP) is 0.619. The van der Waals surface area contributed by atoms with Crippen LogP contribution in [0.2, 0.25) is 0 Å². The summed E-state index contributed by atoms with van der Waals surface area (Å²) in [5.41, 5.74) is 2.50. The van der Waals surface area contributed by atoms with E-state index in [2.05, 4.69) is 32.2 Å².